The van der Waals surface area contributed by atoms with Crippen LogP contribution in [0.15, 0.2) is 54.1 Å². The second kappa shape index (κ2) is 3.58. The van der Waals surface area contributed by atoms with E-state index in [1.165, 1.54) is 0 Å². The second-order valence-electron chi connectivity index (χ2n) is 3.16. The summed E-state index contributed by atoms with van der Waals surface area (Å²) in [5.74, 6) is 0. The van der Waals surface area contributed by atoms with Crippen LogP contribution in [0.25, 0.3) is 0 Å². The van der Waals surface area contributed by atoms with Crippen molar-refractivity contribution in [3.63, 3.8) is 0 Å². The fourth-order valence-electron chi connectivity index (χ4n) is 1.51. The summed E-state index contributed by atoms with van der Waals surface area (Å²) in [7, 11) is 0. The predicted octanol–water partition coefficient (Wildman–Crippen LogP) is 2.61. The third-order valence-corrected chi connectivity index (χ3v) is 2.23. The molecule has 0 aromatic heterocycles. The minimum atomic E-state index is -0.458. The molecule has 1 atom stereocenters. The first-order chi connectivity index (χ1) is 6.38. The second-order valence-corrected chi connectivity index (χ2v) is 3.16. The maximum Gasteiger partial charge on any atom is 0.104 e. The van der Waals surface area contributed by atoms with E-state index in [-0.39, 0.29) is 0 Å². The quantitative estimate of drug-likeness (QED) is 0.727. The molecule has 0 amide bonds. The summed E-state index contributed by atoms with van der Waals surface area (Å²) in [5.41, 5.74) is 1.96. The van der Waals surface area contributed by atoms with E-state index in [0.29, 0.717) is 0 Å². The highest BCUT2D eigenvalue weighted by Gasteiger charge is 2.11. The number of hydrogen-bond acceptors (Lipinski definition) is 1. The van der Waals surface area contributed by atoms with Gasteiger partial charge in [0.25, 0.3) is 0 Å². The van der Waals surface area contributed by atoms with Gasteiger partial charge >= 0.3 is 0 Å². The lowest BCUT2D eigenvalue weighted by Gasteiger charge is -2.10. The molecular weight excluding hydrogens is 160 g/mol. The maximum atomic E-state index is 9.90. The Morgan fingerprint density at radius 2 is 1.92 bits per heavy atom. The van der Waals surface area contributed by atoms with Gasteiger partial charge in [-0.3, -0.25) is 0 Å². The number of benzene rings is 1. The lowest BCUT2D eigenvalue weighted by atomic mass is 10.0. The molecule has 0 radical (unpaired) electrons. The largest absolute Gasteiger partial charge is 0.384 e. The number of hydrogen-bond donors (Lipinski definition) is 1. The Morgan fingerprint density at radius 3 is 2.54 bits per heavy atom. The molecule has 1 aromatic rings. The van der Waals surface area contributed by atoms with E-state index < -0.39 is 6.10 Å². The zero-order valence-electron chi connectivity index (χ0n) is 7.35. The van der Waals surface area contributed by atoms with Crippen LogP contribution in [0.3, 0.4) is 0 Å². The summed E-state index contributed by atoms with van der Waals surface area (Å²) in [6.45, 7) is 0. The molecule has 0 bridgehead atoms. The molecule has 2 rings (SSSR count). The summed E-state index contributed by atoms with van der Waals surface area (Å²) in [6, 6.07) is 9.72. The highest BCUT2D eigenvalue weighted by molar-refractivity contribution is 5.35. The molecule has 0 heterocycles. The van der Waals surface area contributed by atoms with Crippen LogP contribution in [0.2, 0.25) is 0 Å². The lowest BCUT2D eigenvalue weighted by Crippen LogP contribution is -1.97. The van der Waals surface area contributed by atoms with Gasteiger partial charge < -0.3 is 5.11 Å². The van der Waals surface area contributed by atoms with E-state index in [1.807, 2.05) is 36.4 Å². The molecule has 1 nitrogen and oxygen atoms in total. The Balaban J connectivity index is 2.22. The monoisotopic (exact) mass is 172 g/mol. The van der Waals surface area contributed by atoms with Crippen LogP contribution in [0.1, 0.15) is 18.1 Å². The van der Waals surface area contributed by atoms with Gasteiger partial charge in [-0.1, -0.05) is 48.6 Å². The smallest absolute Gasteiger partial charge is 0.104 e. The number of aliphatic hydroxyl groups excluding tert-OH is 1. The van der Waals surface area contributed by atoms with Crippen molar-refractivity contribution in [2.45, 2.75) is 12.5 Å². The van der Waals surface area contributed by atoms with E-state index in [4.69, 9.17) is 0 Å². The van der Waals surface area contributed by atoms with Gasteiger partial charge in [-0.25, -0.2) is 0 Å². The molecule has 1 aliphatic carbocycles. The van der Waals surface area contributed by atoms with Crippen LogP contribution < -0.4 is 0 Å². The predicted molar refractivity (Wildman–Crippen MR) is 53.2 cm³/mol. The third kappa shape index (κ3) is 1.70. The van der Waals surface area contributed by atoms with Gasteiger partial charge in [0.1, 0.15) is 6.10 Å². The topological polar surface area (TPSA) is 20.2 Å². The molecule has 0 aliphatic heterocycles. The average molecular weight is 172 g/mol. The van der Waals surface area contributed by atoms with Crippen LogP contribution in [0, 0.1) is 0 Å². The molecule has 1 aliphatic rings. The Labute approximate surface area is 78.0 Å². The maximum absolute atomic E-state index is 9.90. The molecular formula is C12H12O. The van der Waals surface area contributed by atoms with E-state index in [2.05, 4.69) is 12.2 Å². The Bertz CT molecular complexity index is 335. The van der Waals surface area contributed by atoms with E-state index >= 15 is 0 Å². The van der Waals surface area contributed by atoms with Crippen molar-refractivity contribution < 1.29 is 5.11 Å². The standard InChI is InChI=1S/C12H12O/c13-12(11-8-4-5-9-11)10-6-2-1-3-7-10/h1-4,6-9,12-13H,5H2/t12-/m0/s1. The molecule has 66 valence electrons. The fourth-order valence-corrected chi connectivity index (χ4v) is 1.51. The first-order valence-electron chi connectivity index (χ1n) is 4.47. The van der Waals surface area contributed by atoms with Crippen molar-refractivity contribution in [2.75, 3.05) is 0 Å². The molecule has 1 aromatic carbocycles. The van der Waals surface area contributed by atoms with Crippen LogP contribution in [-0.2, 0) is 0 Å². The fraction of sp³-hybridized carbons (Fsp3) is 0.167. The Morgan fingerprint density at radius 1 is 1.15 bits per heavy atom. The normalized spacial score (nSPS) is 17.2. The summed E-state index contributed by atoms with van der Waals surface area (Å²) in [4.78, 5) is 0. The van der Waals surface area contributed by atoms with Crippen LogP contribution in [-0.4, -0.2) is 5.11 Å². The average Bonchev–Trinajstić information content (AvgIpc) is 2.71. The summed E-state index contributed by atoms with van der Waals surface area (Å²) in [6.07, 6.45) is 6.58. The van der Waals surface area contributed by atoms with Gasteiger partial charge in [-0.05, 0) is 17.6 Å². The highest BCUT2D eigenvalue weighted by Crippen LogP contribution is 2.25. The van der Waals surface area contributed by atoms with Gasteiger partial charge in [0.15, 0.2) is 0 Å². The van der Waals surface area contributed by atoms with Crippen LogP contribution in [0.4, 0.5) is 0 Å². The molecule has 0 unspecified atom stereocenters. The van der Waals surface area contributed by atoms with Crippen LogP contribution in [0.5, 0.6) is 0 Å². The van der Waals surface area contributed by atoms with E-state index in [9.17, 15) is 5.11 Å². The van der Waals surface area contributed by atoms with Crippen molar-refractivity contribution >= 4 is 0 Å². The number of aliphatic hydroxyl groups is 1. The molecule has 0 fully saturated rings. The summed E-state index contributed by atoms with van der Waals surface area (Å²) in [5, 5.41) is 9.90. The molecule has 0 saturated carbocycles. The highest BCUT2D eigenvalue weighted by atomic mass is 16.3. The van der Waals surface area contributed by atoms with Crippen molar-refractivity contribution in [3.8, 4) is 0 Å². The molecule has 1 heteroatoms. The van der Waals surface area contributed by atoms with Gasteiger partial charge in [0.2, 0.25) is 0 Å². The number of rotatable bonds is 2. The minimum absolute atomic E-state index is 0.458. The van der Waals surface area contributed by atoms with Gasteiger partial charge in [-0.2, -0.15) is 0 Å². The lowest BCUT2D eigenvalue weighted by molar-refractivity contribution is 0.220. The first-order valence-corrected chi connectivity index (χ1v) is 4.47. The Kier molecular flexibility index (Phi) is 2.28. The van der Waals surface area contributed by atoms with Crippen molar-refractivity contribution in [1.29, 1.82) is 0 Å². The molecule has 0 saturated heterocycles. The summed E-state index contributed by atoms with van der Waals surface area (Å²) < 4.78 is 0. The Hall–Kier alpha value is -1.34. The first kappa shape index (κ1) is 8.27. The minimum Gasteiger partial charge on any atom is -0.384 e. The zero-order chi connectivity index (χ0) is 9.10. The van der Waals surface area contributed by atoms with Crippen molar-refractivity contribution in [1.82, 2.24) is 0 Å². The third-order valence-electron chi connectivity index (χ3n) is 2.23. The van der Waals surface area contributed by atoms with E-state index in [0.717, 1.165) is 17.6 Å². The van der Waals surface area contributed by atoms with Gasteiger partial charge in [0, 0.05) is 0 Å². The summed E-state index contributed by atoms with van der Waals surface area (Å²) >= 11 is 0. The number of allylic oxidation sites excluding steroid dienone is 2. The SMILES string of the molecule is O[C@H](C1=CCC=C1)c1ccccc1. The van der Waals surface area contributed by atoms with Crippen molar-refractivity contribution in [3.05, 3.63) is 59.7 Å². The molecule has 1 N–H and O–H groups in total. The van der Waals surface area contributed by atoms with Gasteiger partial charge in [-0.15, -0.1) is 0 Å². The van der Waals surface area contributed by atoms with Crippen molar-refractivity contribution in [2.24, 2.45) is 0 Å². The molecule has 13 heavy (non-hydrogen) atoms. The zero-order valence-corrected chi connectivity index (χ0v) is 7.35. The van der Waals surface area contributed by atoms with Gasteiger partial charge in [0.05, 0.1) is 0 Å². The van der Waals surface area contributed by atoms with Crippen LogP contribution >= 0.6 is 0 Å². The molecule has 0 spiro atoms. The van der Waals surface area contributed by atoms with E-state index in [1.54, 1.807) is 0 Å².